The Kier molecular flexibility index (Phi) is 6.38. The number of nitriles is 1. The molecule has 0 radical (unpaired) electrons. The predicted molar refractivity (Wildman–Crippen MR) is 111 cm³/mol. The van der Waals surface area contributed by atoms with Gasteiger partial charge in [0.25, 0.3) is 0 Å². The van der Waals surface area contributed by atoms with Gasteiger partial charge < -0.3 is 15.4 Å². The molecule has 1 aliphatic carbocycles. The molecule has 0 saturated heterocycles. The van der Waals surface area contributed by atoms with Gasteiger partial charge in [0.15, 0.2) is 0 Å². The van der Waals surface area contributed by atoms with Crippen molar-refractivity contribution in [2.24, 2.45) is 0 Å². The number of carbonyl (C=O) groups excluding carboxylic acids is 1. The van der Waals surface area contributed by atoms with Crippen molar-refractivity contribution >= 4 is 22.3 Å². The highest BCUT2D eigenvalue weighted by Gasteiger charge is 2.36. The first-order valence-electron chi connectivity index (χ1n) is 9.86. The van der Waals surface area contributed by atoms with Gasteiger partial charge in [-0.15, -0.1) is 11.3 Å². The van der Waals surface area contributed by atoms with E-state index in [1.807, 2.05) is 0 Å². The zero-order chi connectivity index (χ0) is 20.3. The van der Waals surface area contributed by atoms with Crippen molar-refractivity contribution in [3.05, 3.63) is 51.4 Å². The predicted octanol–water partition coefficient (Wildman–Crippen LogP) is 3.25. The third kappa shape index (κ3) is 4.54. The van der Waals surface area contributed by atoms with Gasteiger partial charge in [0.1, 0.15) is 29.0 Å². The van der Waals surface area contributed by atoms with Crippen molar-refractivity contribution in [2.75, 3.05) is 12.3 Å². The number of thiophene rings is 1. The average Bonchev–Trinajstić information content (AvgIpc) is 3.46. The number of benzene rings is 1. The first-order valence-corrected chi connectivity index (χ1v) is 10.7. The van der Waals surface area contributed by atoms with Gasteiger partial charge in [0, 0.05) is 18.4 Å². The third-order valence-corrected chi connectivity index (χ3v) is 6.28. The molecule has 1 aromatic heterocycles. The Labute approximate surface area is 170 Å². The van der Waals surface area contributed by atoms with Crippen molar-refractivity contribution in [1.82, 2.24) is 0 Å². The maximum Gasteiger partial charge on any atom is 0.348 e. The molecule has 1 unspecified atom stereocenters. The Morgan fingerprint density at radius 2 is 2.00 bits per heavy atom. The molecule has 5 nitrogen and oxygen atoms in total. The van der Waals surface area contributed by atoms with Crippen molar-refractivity contribution in [1.29, 1.82) is 5.26 Å². The highest BCUT2D eigenvalue weighted by atomic mass is 32.1. The second-order valence-electron chi connectivity index (χ2n) is 7.66. The third-order valence-electron chi connectivity index (χ3n) is 5.24. The Hall–Kier alpha value is -2.36. The van der Waals surface area contributed by atoms with E-state index < -0.39 is 0 Å². The average molecular weight is 399 g/mol. The Balaban J connectivity index is 1.85. The van der Waals surface area contributed by atoms with Crippen LogP contribution in [0.15, 0.2) is 24.3 Å². The molecule has 0 amide bonds. The summed E-state index contributed by atoms with van der Waals surface area (Å²) in [4.78, 5) is 14.2. The van der Waals surface area contributed by atoms with Crippen LogP contribution in [0, 0.1) is 11.3 Å². The molecular weight excluding hydrogens is 370 g/mol. The van der Waals surface area contributed by atoms with Gasteiger partial charge in [-0.1, -0.05) is 38.1 Å². The molecule has 1 aromatic carbocycles. The molecule has 3 rings (SSSR count). The topological polar surface area (TPSA) is 80.5 Å². The van der Waals surface area contributed by atoms with Crippen LogP contribution in [0.25, 0.3) is 0 Å². The molecule has 1 saturated carbocycles. The molecule has 148 valence electrons. The fourth-order valence-electron chi connectivity index (χ4n) is 3.49. The number of quaternary nitrogens is 1. The van der Waals surface area contributed by atoms with Gasteiger partial charge in [0.2, 0.25) is 0 Å². The van der Waals surface area contributed by atoms with Gasteiger partial charge in [-0.3, -0.25) is 0 Å². The minimum Gasteiger partial charge on any atom is -0.462 e. The quantitative estimate of drug-likeness (QED) is 0.669. The number of hydrogen-bond acceptors (Lipinski definition) is 5. The molecule has 0 spiro atoms. The molecule has 1 fully saturated rings. The fraction of sp³-hybridized carbons (Fsp3) is 0.455. The number of hydrogen-bond donors (Lipinski definition) is 2. The van der Waals surface area contributed by atoms with Crippen LogP contribution in [0.2, 0.25) is 0 Å². The zero-order valence-corrected chi connectivity index (χ0v) is 17.6. The Bertz CT molecular complexity index is 876. The Morgan fingerprint density at radius 3 is 2.54 bits per heavy atom. The van der Waals surface area contributed by atoms with Gasteiger partial charge in [-0.2, -0.15) is 5.26 Å². The van der Waals surface area contributed by atoms with E-state index in [-0.39, 0.29) is 5.97 Å². The summed E-state index contributed by atoms with van der Waals surface area (Å²) in [5, 5.41) is 9.98. The number of esters is 1. The monoisotopic (exact) mass is 398 g/mol. The lowest BCUT2D eigenvalue weighted by Gasteiger charge is -2.20. The largest absolute Gasteiger partial charge is 0.462 e. The van der Waals surface area contributed by atoms with Crippen LogP contribution in [-0.2, 0) is 17.8 Å². The van der Waals surface area contributed by atoms with Crippen LogP contribution >= 0.6 is 11.3 Å². The molecule has 2 aromatic rings. The lowest BCUT2D eigenvalue weighted by atomic mass is 10.0. The molecule has 1 aliphatic rings. The molecule has 1 atom stereocenters. The number of nitrogens with one attached hydrogen (secondary N) is 1. The van der Waals surface area contributed by atoms with Gasteiger partial charge in [-0.05, 0) is 18.4 Å². The summed E-state index contributed by atoms with van der Waals surface area (Å²) >= 11 is 1.17. The first kappa shape index (κ1) is 20.4. The summed E-state index contributed by atoms with van der Waals surface area (Å²) in [5.74, 6) is 0.132. The van der Waals surface area contributed by atoms with E-state index in [1.54, 1.807) is 6.92 Å². The van der Waals surface area contributed by atoms with E-state index in [1.165, 1.54) is 40.2 Å². The van der Waals surface area contributed by atoms with Crippen molar-refractivity contribution in [2.45, 2.75) is 58.7 Å². The minimum atomic E-state index is -0.382. The fourth-order valence-corrected chi connectivity index (χ4v) is 4.42. The highest BCUT2D eigenvalue weighted by Crippen LogP contribution is 2.31. The van der Waals surface area contributed by atoms with Crippen molar-refractivity contribution < 1.29 is 14.4 Å². The Morgan fingerprint density at radius 1 is 1.32 bits per heavy atom. The molecule has 3 N–H and O–H groups in total. The van der Waals surface area contributed by atoms with E-state index in [0.29, 0.717) is 40.6 Å². The summed E-state index contributed by atoms with van der Waals surface area (Å²) < 4.78 is 5.19. The number of nitrogens with zero attached hydrogens (tertiary/aromatic N) is 1. The van der Waals surface area contributed by atoms with Crippen LogP contribution in [0.1, 0.15) is 71.5 Å². The number of ether oxygens (including phenoxy) is 1. The second kappa shape index (κ2) is 8.76. The van der Waals surface area contributed by atoms with Crippen molar-refractivity contribution in [3.63, 3.8) is 0 Å². The summed E-state index contributed by atoms with van der Waals surface area (Å²) in [6.07, 6.45) is 2.35. The summed E-state index contributed by atoms with van der Waals surface area (Å²) in [6.45, 7) is 7.95. The van der Waals surface area contributed by atoms with E-state index in [2.05, 4.69) is 44.2 Å². The van der Waals surface area contributed by atoms with Crippen LogP contribution in [0.5, 0.6) is 0 Å². The van der Waals surface area contributed by atoms with Crippen LogP contribution < -0.4 is 10.6 Å². The van der Waals surface area contributed by atoms with E-state index in [0.717, 1.165) is 12.1 Å². The molecule has 0 bridgehead atoms. The summed E-state index contributed by atoms with van der Waals surface area (Å²) in [6, 6.07) is 11.5. The molecule has 1 heterocycles. The minimum absolute atomic E-state index is 0.305. The molecule has 28 heavy (non-hydrogen) atoms. The molecule has 0 aliphatic heterocycles. The van der Waals surface area contributed by atoms with E-state index >= 15 is 0 Å². The maximum atomic E-state index is 12.4. The molecule has 6 heteroatoms. The van der Waals surface area contributed by atoms with Crippen molar-refractivity contribution in [3.8, 4) is 6.07 Å². The number of nitrogen functional groups attached to an aromatic ring is 1. The number of rotatable bonds is 8. The van der Waals surface area contributed by atoms with Crippen LogP contribution in [-0.4, -0.2) is 18.6 Å². The standard InChI is InChI=1S/C22H27N3O2S/c1-4-27-22(26)20-19(18(11-23)21(24)28-20)13-25(17-9-10-17)12-15-5-7-16(8-6-15)14(2)3/h5-8,14,17H,4,9-10,12-13,24H2,1-3H3/p+1. The smallest absolute Gasteiger partial charge is 0.348 e. The SMILES string of the molecule is CCOC(=O)c1sc(N)c(C#N)c1C[NH+](Cc1ccc(C(C)C)cc1)C1CC1. The maximum absolute atomic E-state index is 12.4. The van der Waals surface area contributed by atoms with Gasteiger partial charge in [-0.25, -0.2) is 4.79 Å². The zero-order valence-electron chi connectivity index (χ0n) is 16.7. The second-order valence-corrected chi connectivity index (χ2v) is 8.72. The normalized spacial score (nSPS) is 14.7. The summed E-state index contributed by atoms with van der Waals surface area (Å²) in [7, 11) is 0. The highest BCUT2D eigenvalue weighted by molar-refractivity contribution is 7.18. The van der Waals surface area contributed by atoms with Gasteiger partial charge in [0.05, 0.1) is 23.8 Å². The van der Waals surface area contributed by atoms with E-state index in [4.69, 9.17) is 10.5 Å². The number of nitrogens with two attached hydrogens (primary N) is 1. The van der Waals surface area contributed by atoms with E-state index in [9.17, 15) is 10.1 Å². The number of anilines is 1. The first-order chi connectivity index (χ1) is 13.4. The lowest BCUT2D eigenvalue weighted by molar-refractivity contribution is -0.938. The number of carbonyl (C=O) groups is 1. The van der Waals surface area contributed by atoms with Crippen LogP contribution in [0.4, 0.5) is 5.00 Å². The summed E-state index contributed by atoms with van der Waals surface area (Å²) in [5.41, 5.74) is 9.80. The van der Waals surface area contributed by atoms with Gasteiger partial charge >= 0.3 is 5.97 Å². The lowest BCUT2D eigenvalue weighted by Crippen LogP contribution is -3.10. The van der Waals surface area contributed by atoms with Crippen LogP contribution in [0.3, 0.4) is 0 Å². The molecular formula is C22H28N3O2S+.